The van der Waals surface area contributed by atoms with E-state index in [0.717, 1.165) is 5.57 Å². The monoisotopic (exact) mass is 187 g/mol. The summed E-state index contributed by atoms with van der Waals surface area (Å²) in [5.74, 6) is -0.203. The van der Waals surface area contributed by atoms with Gasteiger partial charge in [-0.05, 0) is 12.5 Å². The van der Waals surface area contributed by atoms with Crippen molar-refractivity contribution in [3.8, 4) is 0 Å². The van der Waals surface area contributed by atoms with Gasteiger partial charge in [-0.2, -0.15) is 12.6 Å². The van der Waals surface area contributed by atoms with E-state index in [4.69, 9.17) is 10.5 Å². The van der Waals surface area contributed by atoms with E-state index >= 15 is 0 Å². The Labute approximate surface area is 77.7 Å². The van der Waals surface area contributed by atoms with Crippen LogP contribution in [0.25, 0.3) is 0 Å². The molecule has 0 aliphatic carbocycles. The van der Waals surface area contributed by atoms with Crippen LogP contribution in [0.4, 0.5) is 0 Å². The van der Waals surface area contributed by atoms with E-state index in [2.05, 4.69) is 19.2 Å². The third-order valence-electron chi connectivity index (χ3n) is 1.18. The third-order valence-corrected chi connectivity index (χ3v) is 1.58. The first kappa shape index (κ1) is 11.3. The molecule has 12 heavy (non-hydrogen) atoms. The number of allylic oxidation sites excluding steroid dienone is 2. The highest BCUT2D eigenvalue weighted by molar-refractivity contribution is 7.80. The molecule has 3 nitrogen and oxygen atoms in total. The summed E-state index contributed by atoms with van der Waals surface area (Å²) in [5, 5.41) is 0. The second-order valence-corrected chi connectivity index (χ2v) is 2.66. The van der Waals surface area contributed by atoms with Crippen LogP contribution in [0.15, 0.2) is 24.5 Å². The highest BCUT2D eigenvalue weighted by Crippen LogP contribution is 1.95. The average molecular weight is 187 g/mol. The number of nitrogens with two attached hydrogens (primary N) is 1. The van der Waals surface area contributed by atoms with Crippen LogP contribution in [0.5, 0.6) is 0 Å². The molecule has 0 saturated carbocycles. The lowest BCUT2D eigenvalue weighted by atomic mass is 10.3. The number of carbonyl (C=O) groups is 1. The first-order valence-electron chi connectivity index (χ1n) is 3.48. The first-order valence-corrected chi connectivity index (χ1v) is 4.11. The molecule has 0 saturated heterocycles. The fourth-order valence-electron chi connectivity index (χ4n) is 0.361. The van der Waals surface area contributed by atoms with Crippen LogP contribution in [0.3, 0.4) is 0 Å². The van der Waals surface area contributed by atoms with Gasteiger partial charge in [-0.15, -0.1) is 0 Å². The van der Waals surface area contributed by atoms with Crippen molar-refractivity contribution >= 4 is 18.6 Å². The van der Waals surface area contributed by atoms with Crippen molar-refractivity contribution in [3.05, 3.63) is 24.5 Å². The van der Waals surface area contributed by atoms with Crippen LogP contribution in [0.2, 0.25) is 0 Å². The minimum atomic E-state index is -0.665. The number of thiol groups is 1. The van der Waals surface area contributed by atoms with Crippen molar-refractivity contribution in [1.29, 1.82) is 0 Å². The number of esters is 1. The van der Waals surface area contributed by atoms with Crippen molar-refractivity contribution in [2.75, 3.05) is 5.75 Å². The summed E-state index contributed by atoms with van der Waals surface area (Å²) in [5.41, 5.74) is 6.11. The standard InChI is InChI=1S/C8H13NO2S/c1-3-6(2)4-11-8(10)7(9)5-12/h3-4,7,12H,1,5,9H2,2H3/t7-/m0/s1. The summed E-state index contributed by atoms with van der Waals surface area (Å²) in [4.78, 5) is 10.9. The fraction of sp³-hybridized carbons (Fsp3) is 0.375. The summed E-state index contributed by atoms with van der Waals surface area (Å²) < 4.78 is 4.70. The number of rotatable bonds is 4. The molecule has 2 N–H and O–H groups in total. The Bertz CT molecular complexity index is 201. The summed E-state index contributed by atoms with van der Waals surface area (Å²) >= 11 is 3.86. The van der Waals surface area contributed by atoms with E-state index < -0.39 is 12.0 Å². The van der Waals surface area contributed by atoms with E-state index in [-0.39, 0.29) is 5.75 Å². The third kappa shape index (κ3) is 4.20. The topological polar surface area (TPSA) is 52.3 Å². The molecule has 1 atom stereocenters. The molecule has 0 aromatic rings. The van der Waals surface area contributed by atoms with E-state index in [1.807, 2.05) is 0 Å². The molecular weight excluding hydrogens is 174 g/mol. The highest BCUT2D eigenvalue weighted by atomic mass is 32.1. The number of hydrogen-bond donors (Lipinski definition) is 2. The quantitative estimate of drug-likeness (QED) is 0.297. The van der Waals surface area contributed by atoms with Crippen LogP contribution < -0.4 is 5.73 Å². The molecule has 0 unspecified atom stereocenters. The van der Waals surface area contributed by atoms with Gasteiger partial charge in [-0.3, -0.25) is 0 Å². The van der Waals surface area contributed by atoms with Gasteiger partial charge < -0.3 is 10.5 Å². The Kier molecular flexibility index (Phi) is 5.49. The maximum atomic E-state index is 10.9. The molecule has 68 valence electrons. The second kappa shape index (κ2) is 5.85. The summed E-state index contributed by atoms with van der Waals surface area (Å²) in [6.45, 7) is 5.27. The predicted octanol–water partition coefficient (Wildman–Crippen LogP) is 0.877. The zero-order valence-corrected chi connectivity index (χ0v) is 7.88. The molecule has 0 heterocycles. The van der Waals surface area contributed by atoms with Gasteiger partial charge in [0.2, 0.25) is 0 Å². The number of carbonyl (C=O) groups excluding carboxylic acids is 1. The highest BCUT2D eigenvalue weighted by Gasteiger charge is 2.11. The smallest absolute Gasteiger partial charge is 0.328 e. The lowest BCUT2D eigenvalue weighted by Gasteiger charge is -2.04. The molecule has 0 spiro atoms. The molecule has 0 aliphatic heterocycles. The summed E-state index contributed by atoms with van der Waals surface area (Å²) in [7, 11) is 0. The average Bonchev–Trinajstić information content (AvgIpc) is 2.11. The van der Waals surface area contributed by atoms with Gasteiger partial charge in [0, 0.05) is 5.75 Å². The maximum absolute atomic E-state index is 10.9. The Hall–Kier alpha value is -0.740. The molecule has 0 aromatic heterocycles. The van der Waals surface area contributed by atoms with E-state index in [9.17, 15) is 4.79 Å². The lowest BCUT2D eigenvalue weighted by Crippen LogP contribution is -2.32. The Morgan fingerprint density at radius 1 is 1.83 bits per heavy atom. The molecular formula is C8H13NO2S. The van der Waals surface area contributed by atoms with Crippen molar-refractivity contribution in [3.63, 3.8) is 0 Å². The van der Waals surface area contributed by atoms with Crippen LogP contribution in [-0.4, -0.2) is 17.8 Å². The molecule has 0 radical (unpaired) electrons. The van der Waals surface area contributed by atoms with Crippen molar-refractivity contribution < 1.29 is 9.53 Å². The van der Waals surface area contributed by atoms with Crippen LogP contribution in [0.1, 0.15) is 6.92 Å². The minimum Gasteiger partial charge on any atom is -0.433 e. The van der Waals surface area contributed by atoms with Crippen molar-refractivity contribution in [1.82, 2.24) is 0 Å². The molecule has 0 bridgehead atoms. The Morgan fingerprint density at radius 3 is 2.83 bits per heavy atom. The van der Waals surface area contributed by atoms with Gasteiger partial charge in [0.25, 0.3) is 0 Å². The van der Waals surface area contributed by atoms with Gasteiger partial charge in [0.1, 0.15) is 6.04 Å². The van der Waals surface area contributed by atoms with Crippen molar-refractivity contribution in [2.24, 2.45) is 5.73 Å². The zero-order chi connectivity index (χ0) is 9.56. The Morgan fingerprint density at radius 2 is 2.42 bits per heavy atom. The molecule has 4 heteroatoms. The first-order chi connectivity index (χ1) is 5.61. The second-order valence-electron chi connectivity index (χ2n) is 2.29. The van der Waals surface area contributed by atoms with E-state index in [1.165, 1.54) is 6.26 Å². The van der Waals surface area contributed by atoms with Gasteiger partial charge in [-0.1, -0.05) is 12.7 Å². The Balaban J connectivity index is 3.94. The van der Waals surface area contributed by atoms with Gasteiger partial charge in [-0.25, -0.2) is 4.79 Å². The molecule has 0 fully saturated rings. The summed E-state index contributed by atoms with van der Waals surface area (Å²) in [6, 6.07) is -0.665. The summed E-state index contributed by atoms with van der Waals surface area (Å²) in [6.07, 6.45) is 2.90. The lowest BCUT2D eigenvalue weighted by molar-refractivity contribution is -0.138. The van der Waals surface area contributed by atoms with E-state index in [0.29, 0.717) is 0 Å². The maximum Gasteiger partial charge on any atom is 0.328 e. The van der Waals surface area contributed by atoms with Crippen LogP contribution in [-0.2, 0) is 9.53 Å². The molecule has 0 aliphatic rings. The van der Waals surface area contributed by atoms with Crippen LogP contribution in [0, 0.1) is 0 Å². The van der Waals surface area contributed by atoms with Crippen LogP contribution >= 0.6 is 12.6 Å². The largest absolute Gasteiger partial charge is 0.433 e. The molecule has 0 aromatic carbocycles. The number of ether oxygens (including phenoxy) is 1. The predicted molar refractivity (Wildman–Crippen MR) is 51.9 cm³/mol. The van der Waals surface area contributed by atoms with Gasteiger partial charge in [0.15, 0.2) is 0 Å². The molecule has 0 amide bonds. The number of hydrogen-bond acceptors (Lipinski definition) is 4. The normalized spacial score (nSPS) is 13.8. The minimum absolute atomic E-state index is 0.278. The van der Waals surface area contributed by atoms with Gasteiger partial charge >= 0.3 is 5.97 Å². The van der Waals surface area contributed by atoms with E-state index in [1.54, 1.807) is 13.0 Å². The SMILES string of the molecule is C=CC(C)=COC(=O)[C@@H](N)CS. The molecule has 0 rings (SSSR count). The zero-order valence-electron chi connectivity index (χ0n) is 6.99. The van der Waals surface area contributed by atoms with Gasteiger partial charge in [0.05, 0.1) is 6.26 Å². The van der Waals surface area contributed by atoms with Crippen molar-refractivity contribution in [2.45, 2.75) is 13.0 Å². The fourth-order valence-corrected chi connectivity index (χ4v) is 0.510.